The van der Waals surface area contributed by atoms with Crippen LogP contribution in [0.2, 0.25) is 5.02 Å². The molecule has 1 aromatic heterocycles. The van der Waals surface area contributed by atoms with Crippen molar-refractivity contribution in [2.45, 2.75) is 6.92 Å². The summed E-state index contributed by atoms with van der Waals surface area (Å²) in [5.74, 6) is -0.0992. The summed E-state index contributed by atoms with van der Waals surface area (Å²) in [6, 6.07) is 10.0. The number of nitrogens with zero attached hydrogens (tertiary/aromatic N) is 3. The van der Waals surface area contributed by atoms with Crippen LogP contribution in [-0.4, -0.2) is 29.7 Å². The SMILES string of the molecule is COc1ccc(N2C(=O)/C(=C/c3ccco3)N=C2SCC(=O)/C(C#N)=C(/C)N)cc1Cl. The lowest BCUT2D eigenvalue weighted by Crippen LogP contribution is -2.31. The topological polar surface area (TPSA) is 122 Å². The monoisotopic (exact) mass is 456 g/mol. The van der Waals surface area contributed by atoms with Crippen molar-refractivity contribution < 1.29 is 18.7 Å². The van der Waals surface area contributed by atoms with Crippen molar-refractivity contribution >= 4 is 52.0 Å². The maximum absolute atomic E-state index is 13.1. The third-order valence-electron chi connectivity index (χ3n) is 4.16. The number of nitriles is 1. The zero-order valence-electron chi connectivity index (χ0n) is 16.6. The maximum Gasteiger partial charge on any atom is 0.283 e. The van der Waals surface area contributed by atoms with E-state index in [-0.39, 0.29) is 27.9 Å². The highest BCUT2D eigenvalue weighted by Crippen LogP contribution is 2.34. The van der Waals surface area contributed by atoms with E-state index in [1.54, 1.807) is 36.4 Å². The molecule has 3 rings (SSSR count). The minimum Gasteiger partial charge on any atom is -0.495 e. The molecule has 158 valence electrons. The Morgan fingerprint density at radius 3 is 2.81 bits per heavy atom. The second-order valence-electron chi connectivity index (χ2n) is 6.28. The number of hydrogen-bond donors (Lipinski definition) is 1. The van der Waals surface area contributed by atoms with Crippen LogP contribution in [0.15, 0.2) is 63.0 Å². The summed E-state index contributed by atoms with van der Waals surface area (Å²) in [6.07, 6.45) is 2.98. The molecule has 1 amide bonds. The van der Waals surface area contributed by atoms with Gasteiger partial charge >= 0.3 is 0 Å². The smallest absolute Gasteiger partial charge is 0.283 e. The molecule has 0 aliphatic carbocycles. The van der Waals surface area contributed by atoms with E-state index in [1.165, 1.54) is 31.3 Å². The minimum absolute atomic E-state index is 0.122. The number of hydrogen-bond acceptors (Lipinski definition) is 8. The van der Waals surface area contributed by atoms with Crippen molar-refractivity contribution in [3.8, 4) is 11.8 Å². The summed E-state index contributed by atoms with van der Waals surface area (Å²) in [5.41, 5.74) is 6.19. The Hall–Kier alpha value is -3.48. The van der Waals surface area contributed by atoms with Crippen molar-refractivity contribution in [3.63, 3.8) is 0 Å². The molecule has 0 spiro atoms. The Bertz CT molecular complexity index is 1160. The molecule has 1 aliphatic heterocycles. The molecular weight excluding hydrogens is 440 g/mol. The number of furan rings is 1. The summed E-state index contributed by atoms with van der Waals surface area (Å²) in [5, 5.41) is 9.70. The quantitative estimate of drug-likeness (QED) is 0.518. The first-order valence-corrected chi connectivity index (χ1v) is 10.3. The van der Waals surface area contributed by atoms with Gasteiger partial charge in [-0.05, 0) is 37.3 Å². The highest BCUT2D eigenvalue weighted by atomic mass is 35.5. The second-order valence-corrected chi connectivity index (χ2v) is 7.63. The van der Waals surface area contributed by atoms with Gasteiger partial charge in [-0.1, -0.05) is 23.4 Å². The molecule has 1 aromatic carbocycles. The molecule has 0 atom stereocenters. The number of ether oxygens (including phenoxy) is 1. The lowest BCUT2D eigenvalue weighted by atomic mass is 10.2. The third-order valence-corrected chi connectivity index (χ3v) is 5.40. The first-order valence-electron chi connectivity index (χ1n) is 8.90. The van der Waals surface area contributed by atoms with Crippen molar-refractivity contribution in [1.29, 1.82) is 5.26 Å². The van der Waals surface area contributed by atoms with Crippen LogP contribution < -0.4 is 15.4 Å². The van der Waals surface area contributed by atoms with Crippen LogP contribution in [0.3, 0.4) is 0 Å². The van der Waals surface area contributed by atoms with Gasteiger partial charge in [-0.2, -0.15) is 5.26 Å². The fourth-order valence-electron chi connectivity index (χ4n) is 2.70. The number of Topliss-reactive ketones (excluding diaryl/α,β-unsaturated/α-hetero) is 1. The van der Waals surface area contributed by atoms with Crippen molar-refractivity contribution in [2.24, 2.45) is 10.7 Å². The molecule has 2 heterocycles. The molecule has 0 radical (unpaired) electrons. The van der Waals surface area contributed by atoms with Crippen LogP contribution in [0.25, 0.3) is 6.08 Å². The Kier molecular flexibility index (Phi) is 6.84. The number of methoxy groups -OCH3 is 1. The molecule has 2 aromatic rings. The number of halogens is 1. The van der Waals surface area contributed by atoms with E-state index in [1.807, 2.05) is 0 Å². The Labute approximate surface area is 187 Å². The van der Waals surface area contributed by atoms with E-state index in [4.69, 9.17) is 31.8 Å². The molecule has 0 fully saturated rings. The van der Waals surface area contributed by atoms with E-state index >= 15 is 0 Å². The minimum atomic E-state index is -0.459. The van der Waals surface area contributed by atoms with Crippen LogP contribution in [-0.2, 0) is 9.59 Å². The molecule has 10 heteroatoms. The largest absolute Gasteiger partial charge is 0.495 e. The molecule has 0 unspecified atom stereocenters. The predicted octanol–water partition coefficient (Wildman–Crippen LogP) is 3.74. The molecule has 0 saturated heterocycles. The standard InChI is InChI=1S/C21H17ClN4O4S/c1-12(24)15(10-23)18(27)11-31-21-25-17(9-14-4-3-7-30-14)20(28)26(21)13-5-6-19(29-2)16(22)8-13/h3-9H,11,24H2,1-2H3/b15-12-,17-9-. The number of ketones is 1. The Morgan fingerprint density at radius 1 is 1.45 bits per heavy atom. The van der Waals surface area contributed by atoms with E-state index < -0.39 is 11.7 Å². The molecular formula is C21H17ClN4O4S. The Morgan fingerprint density at radius 2 is 2.23 bits per heavy atom. The van der Waals surface area contributed by atoms with E-state index in [2.05, 4.69) is 4.99 Å². The lowest BCUT2D eigenvalue weighted by Gasteiger charge is -2.18. The summed E-state index contributed by atoms with van der Waals surface area (Å²) >= 11 is 7.24. The molecule has 0 bridgehead atoms. The van der Waals surface area contributed by atoms with Gasteiger partial charge in [0.25, 0.3) is 5.91 Å². The average molecular weight is 457 g/mol. The van der Waals surface area contributed by atoms with E-state index in [9.17, 15) is 9.59 Å². The predicted molar refractivity (Wildman–Crippen MR) is 120 cm³/mol. The number of amides is 1. The van der Waals surface area contributed by atoms with Gasteiger partial charge < -0.3 is 14.9 Å². The molecule has 1 aliphatic rings. The van der Waals surface area contributed by atoms with Gasteiger partial charge in [0.05, 0.1) is 29.8 Å². The van der Waals surface area contributed by atoms with Crippen LogP contribution in [0, 0.1) is 11.3 Å². The number of allylic oxidation sites excluding steroid dienone is 2. The van der Waals surface area contributed by atoms with Crippen molar-refractivity contribution in [2.75, 3.05) is 17.8 Å². The fourth-order valence-corrected chi connectivity index (χ4v) is 3.83. The van der Waals surface area contributed by atoms with Crippen LogP contribution in [0.4, 0.5) is 5.69 Å². The van der Waals surface area contributed by atoms with E-state index in [0.717, 1.165) is 11.8 Å². The van der Waals surface area contributed by atoms with Crippen molar-refractivity contribution in [1.82, 2.24) is 0 Å². The third kappa shape index (κ3) is 4.82. The number of aliphatic imine (C=N–C) groups is 1. The number of carbonyl (C=O) groups is 2. The first kappa shape index (κ1) is 22.2. The molecule has 2 N–H and O–H groups in total. The number of carbonyl (C=O) groups excluding carboxylic acids is 2. The normalized spacial score (nSPS) is 15.5. The summed E-state index contributed by atoms with van der Waals surface area (Å²) in [6.45, 7) is 1.48. The van der Waals surface area contributed by atoms with Gasteiger partial charge in [0.15, 0.2) is 11.0 Å². The van der Waals surface area contributed by atoms with Gasteiger partial charge in [-0.15, -0.1) is 0 Å². The maximum atomic E-state index is 13.1. The van der Waals surface area contributed by atoms with Gasteiger partial charge in [-0.25, -0.2) is 4.99 Å². The van der Waals surface area contributed by atoms with E-state index in [0.29, 0.717) is 22.2 Å². The second kappa shape index (κ2) is 9.55. The number of nitrogens with two attached hydrogens (primary N) is 1. The zero-order valence-corrected chi connectivity index (χ0v) is 18.2. The van der Waals surface area contributed by atoms with Gasteiger partial charge in [0, 0.05) is 11.8 Å². The number of thioether (sulfide) groups is 1. The highest BCUT2D eigenvalue weighted by molar-refractivity contribution is 8.14. The fraction of sp³-hybridized carbons (Fsp3) is 0.143. The summed E-state index contributed by atoms with van der Waals surface area (Å²) < 4.78 is 10.4. The van der Waals surface area contributed by atoms with Crippen LogP contribution in [0.5, 0.6) is 5.75 Å². The molecule has 8 nitrogen and oxygen atoms in total. The summed E-state index contributed by atoms with van der Waals surface area (Å²) in [7, 11) is 1.49. The average Bonchev–Trinajstić information content (AvgIpc) is 3.35. The first-order chi connectivity index (χ1) is 14.8. The van der Waals surface area contributed by atoms with Gasteiger partial charge in [0.1, 0.15) is 28.8 Å². The van der Waals surface area contributed by atoms with Gasteiger partial charge in [-0.3, -0.25) is 14.5 Å². The lowest BCUT2D eigenvalue weighted by molar-refractivity contribution is -0.114. The van der Waals surface area contributed by atoms with Gasteiger partial charge in [0.2, 0.25) is 0 Å². The van der Waals surface area contributed by atoms with Crippen LogP contribution >= 0.6 is 23.4 Å². The molecule has 0 saturated carbocycles. The summed E-state index contributed by atoms with van der Waals surface area (Å²) in [4.78, 5) is 31.2. The van der Waals surface area contributed by atoms with Crippen LogP contribution in [0.1, 0.15) is 12.7 Å². The van der Waals surface area contributed by atoms with Crippen molar-refractivity contribution in [3.05, 3.63) is 64.3 Å². The molecule has 31 heavy (non-hydrogen) atoms. The number of amidine groups is 1. The Balaban J connectivity index is 1.95. The highest BCUT2D eigenvalue weighted by Gasteiger charge is 2.33. The number of benzene rings is 1. The zero-order chi connectivity index (χ0) is 22.5. The number of anilines is 1. The number of rotatable bonds is 6.